The summed E-state index contributed by atoms with van der Waals surface area (Å²) < 4.78 is 16.7. The van der Waals surface area contributed by atoms with Gasteiger partial charge in [-0.1, -0.05) is 6.42 Å². The first-order chi connectivity index (χ1) is 9.36. The Morgan fingerprint density at radius 3 is 2.68 bits per heavy atom. The van der Waals surface area contributed by atoms with Crippen LogP contribution < -0.4 is 19.5 Å². The maximum Gasteiger partial charge on any atom is 0.165 e. The summed E-state index contributed by atoms with van der Waals surface area (Å²) in [6.45, 7) is 2.36. The van der Waals surface area contributed by atoms with Crippen molar-refractivity contribution in [3.8, 4) is 17.2 Å². The smallest absolute Gasteiger partial charge is 0.165 e. The van der Waals surface area contributed by atoms with E-state index in [-0.39, 0.29) is 0 Å². The maximum atomic E-state index is 5.65. The van der Waals surface area contributed by atoms with Crippen molar-refractivity contribution in [1.29, 1.82) is 0 Å². The summed E-state index contributed by atoms with van der Waals surface area (Å²) in [5, 5.41) is 3.57. The van der Waals surface area contributed by atoms with Crippen molar-refractivity contribution >= 4 is 0 Å². The van der Waals surface area contributed by atoms with Crippen LogP contribution in [0.3, 0.4) is 0 Å². The molecule has 1 saturated heterocycles. The average Bonchev–Trinajstić information content (AvgIpc) is 2.47. The molecule has 0 saturated carbocycles. The minimum Gasteiger partial charge on any atom is -0.496 e. The Morgan fingerprint density at radius 2 is 2.00 bits per heavy atom. The maximum absolute atomic E-state index is 5.65. The van der Waals surface area contributed by atoms with E-state index in [1.54, 1.807) is 7.11 Å². The highest BCUT2D eigenvalue weighted by molar-refractivity contribution is 5.51. The highest BCUT2D eigenvalue weighted by atomic mass is 16.6. The van der Waals surface area contributed by atoms with Gasteiger partial charge in [-0.05, 0) is 37.4 Å². The molecule has 4 heteroatoms. The zero-order chi connectivity index (χ0) is 13.1. The lowest BCUT2D eigenvalue weighted by atomic mass is 9.97. The predicted octanol–water partition coefficient (Wildman–Crippen LogP) is 2.15. The molecule has 2 aliphatic rings. The minimum absolute atomic E-state index is 0.546. The molecule has 104 valence electrons. The van der Waals surface area contributed by atoms with Crippen molar-refractivity contribution in [2.24, 2.45) is 0 Å². The normalized spacial score (nSPS) is 22.1. The molecule has 0 spiro atoms. The van der Waals surface area contributed by atoms with Crippen LogP contribution >= 0.6 is 0 Å². The van der Waals surface area contributed by atoms with Gasteiger partial charge in [0.25, 0.3) is 0 Å². The largest absolute Gasteiger partial charge is 0.496 e. The van der Waals surface area contributed by atoms with Gasteiger partial charge in [-0.3, -0.25) is 0 Å². The molecule has 2 heterocycles. The molecule has 2 aliphatic heterocycles. The quantitative estimate of drug-likeness (QED) is 0.907. The van der Waals surface area contributed by atoms with E-state index in [0.717, 1.165) is 30.2 Å². The topological polar surface area (TPSA) is 39.7 Å². The Hall–Kier alpha value is -1.42. The van der Waals surface area contributed by atoms with Gasteiger partial charge in [0.05, 0.1) is 7.11 Å². The number of piperidine rings is 1. The summed E-state index contributed by atoms with van der Waals surface area (Å²) >= 11 is 0. The van der Waals surface area contributed by atoms with Gasteiger partial charge in [-0.2, -0.15) is 0 Å². The fourth-order valence-electron chi connectivity index (χ4n) is 2.83. The molecule has 1 N–H and O–H groups in total. The van der Waals surface area contributed by atoms with Gasteiger partial charge in [0.2, 0.25) is 0 Å². The number of fused-ring (bicyclic) bond motifs is 1. The van der Waals surface area contributed by atoms with Gasteiger partial charge in [0.1, 0.15) is 19.0 Å². The zero-order valence-corrected chi connectivity index (χ0v) is 11.4. The van der Waals surface area contributed by atoms with Crippen LogP contribution in [0.4, 0.5) is 0 Å². The van der Waals surface area contributed by atoms with Gasteiger partial charge < -0.3 is 19.5 Å². The molecule has 0 radical (unpaired) electrons. The molecule has 0 bridgehead atoms. The lowest BCUT2D eigenvalue weighted by molar-refractivity contribution is 0.170. The van der Waals surface area contributed by atoms with E-state index >= 15 is 0 Å². The number of benzene rings is 1. The summed E-state index contributed by atoms with van der Waals surface area (Å²) in [6, 6.07) is 4.57. The monoisotopic (exact) mass is 263 g/mol. The van der Waals surface area contributed by atoms with Crippen LogP contribution in [0.1, 0.15) is 24.8 Å². The summed E-state index contributed by atoms with van der Waals surface area (Å²) in [5.41, 5.74) is 1.20. The first-order valence-electron chi connectivity index (χ1n) is 7.06. The Balaban J connectivity index is 1.82. The van der Waals surface area contributed by atoms with Gasteiger partial charge in [-0.25, -0.2) is 0 Å². The van der Waals surface area contributed by atoms with Gasteiger partial charge in [0.15, 0.2) is 11.5 Å². The second kappa shape index (κ2) is 5.70. The van der Waals surface area contributed by atoms with Crippen LogP contribution in [-0.4, -0.2) is 32.9 Å². The van der Waals surface area contributed by atoms with E-state index in [9.17, 15) is 0 Å². The fourth-order valence-corrected chi connectivity index (χ4v) is 2.83. The third-order valence-corrected chi connectivity index (χ3v) is 3.82. The Morgan fingerprint density at radius 1 is 1.21 bits per heavy atom. The minimum atomic E-state index is 0.546. The number of methoxy groups -OCH3 is 1. The lowest BCUT2D eigenvalue weighted by Crippen LogP contribution is -2.35. The molecule has 0 aromatic heterocycles. The lowest BCUT2D eigenvalue weighted by Gasteiger charge is -2.25. The van der Waals surface area contributed by atoms with Crippen molar-refractivity contribution in [2.45, 2.75) is 31.7 Å². The van der Waals surface area contributed by atoms with Crippen molar-refractivity contribution in [1.82, 2.24) is 5.32 Å². The highest BCUT2D eigenvalue weighted by Gasteiger charge is 2.20. The van der Waals surface area contributed by atoms with Crippen molar-refractivity contribution in [3.63, 3.8) is 0 Å². The first-order valence-corrected chi connectivity index (χ1v) is 7.06. The van der Waals surface area contributed by atoms with E-state index < -0.39 is 0 Å². The van der Waals surface area contributed by atoms with E-state index in [1.165, 1.54) is 24.8 Å². The van der Waals surface area contributed by atoms with Crippen molar-refractivity contribution in [3.05, 3.63) is 17.7 Å². The molecule has 1 aromatic rings. The molecular formula is C15H21NO3. The molecule has 0 aliphatic carbocycles. The van der Waals surface area contributed by atoms with Crippen molar-refractivity contribution in [2.75, 3.05) is 26.9 Å². The van der Waals surface area contributed by atoms with Crippen LogP contribution in [0.25, 0.3) is 0 Å². The van der Waals surface area contributed by atoms with Gasteiger partial charge in [0, 0.05) is 12.1 Å². The molecule has 1 atom stereocenters. The summed E-state index contributed by atoms with van der Waals surface area (Å²) in [6.07, 6.45) is 4.82. The van der Waals surface area contributed by atoms with Gasteiger partial charge >= 0.3 is 0 Å². The second-order valence-electron chi connectivity index (χ2n) is 5.16. The molecule has 19 heavy (non-hydrogen) atoms. The summed E-state index contributed by atoms with van der Waals surface area (Å²) in [4.78, 5) is 0. The molecule has 1 fully saturated rings. The molecule has 4 nitrogen and oxygen atoms in total. The molecule has 1 aromatic carbocycles. The molecular weight excluding hydrogens is 242 g/mol. The SMILES string of the molecule is COc1cc2c(cc1CC1CCCCN1)OCCO2. The van der Waals surface area contributed by atoms with E-state index in [1.807, 2.05) is 6.07 Å². The van der Waals surface area contributed by atoms with Crippen LogP contribution in [0, 0.1) is 0 Å². The van der Waals surface area contributed by atoms with E-state index in [2.05, 4.69) is 11.4 Å². The van der Waals surface area contributed by atoms with Gasteiger partial charge in [-0.15, -0.1) is 0 Å². The number of hydrogen-bond acceptors (Lipinski definition) is 4. The highest BCUT2D eigenvalue weighted by Crippen LogP contribution is 2.37. The van der Waals surface area contributed by atoms with E-state index in [4.69, 9.17) is 14.2 Å². The second-order valence-corrected chi connectivity index (χ2v) is 5.16. The number of nitrogens with one attached hydrogen (secondary N) is 1. The molecule has 1 unspecified atom stereocenters. The van der Waals surface area contributed by atoms with Crippen LogP contribution in [-0.2, 0) is 6.42 Å². The molecule has 0 amide bonds. The average molecular weight is 263 g/mol. The van der Waals surface area contributed by atoms with Crippen molar-refractivity contribution < 1.29 is 14.2 Å². The number of hydrogen-bond donors (Lipinski definition) is 1. The fraction of sp³-hybridized carbons (Fsp3) is 0.600. The van der Waals surface area contributed by atoms with E-state index in [0.29, 0.717) is 19.3 Å². The third-order valence-electron chi connectivity index (χ3n) is 3.82. The van der Waals surface area contributed by atoms with Crippen LogP contribution in [0.15, 0.2) is 12.1 Å². The first kappa shape index (κ1) is 12.6. The summed E-state index contributed by atoms with van der Waals surface area (Å²) in [7, 11) is 1.71. The number of ether oxygens (including phenoxy) is 3. The Labute approximate surface area is 114 Å². The molecule has 3 rings (SSSR count). The third kappa shape index (κ3) is 2.78. The standard InChI is InChI=1S/C15H21NO3/c1-17-13-10-15-14(18-6-7-19-15)9-11(13)8-12-4-2-3-5-16-12/h9-10,12,16H,2-8H2,1H3. The Bertz CT molecular complexity index is 441. The predicted molar refractivity (Wildman–Crippen MR) is 73.3 cm³/mol. The Kier molecular flexibility index (Phi) is 3.78. The van der Waals surface area contributed by atoms with Crippen LogP contribution in [0.5, 0.6) is 17.2 Å². The zero-order valence-electron chi connectivity index (χ0n) is 11.4. The number of rotatable bonds is 3. The summed E-state index contributed by atoms with van der Waals surface area (Å²) in [5.74, 6) is 2.54. The van der Waals surface area contributed by atoms with Crippen LogP contribution in [0.2, 0.25) is 0 Å².